The first kappa shape index (κ1) is 13.1. The van der Waals surface area contributed by atoms with Gasteiger partial charge in [0, 0.05) is 24.6 Å². The molecule has 0 spiro atoms. The summed E-state index contributed by atoms with van der Waals surface area (Å²) < 4.78 is 0. The van der Waals surface area contributed by atoms with E-state index < -0.39 is 0 Å². The number of carbonyl (C=O) groups excluding carboxylic acids is 2. The van der Waals surface area contributed by atoms with Gasteiger partial charge < -0.3 is 0 Å². The Morgan fingerprint density at radius 1 is 1.00 bits per heavy atom. The number of carbonyl (C=O) groups is 2. The minimum atomic E-state index is -0.0957. The summed E-state index contributed by atoms with van der Waals surface area (Å²) in [6.45, 7) is 1.94. The van der Waals surface area contributed by atoms with E-state index in [2.05, 4.69) is 4.98 Å². The number of aryl methyl sites for hydroxylation is 1. The van der Waals surface area contributed by atoms with Gasteiger partial charge in [-0.3, -0.25) is 14.6 Å². The van der Waals surface area contributed by atoms with E-state index in [0.717, 1.165) is 5.56 Å². The number of benzene rings is 1. The average Bonchev–Trinajstić information content (AvgIpc) is 2.45. The predicted molar refractivity (Wildman–Crippen MR) is 73.3 cm³/mol. The van der Waals surface area contributed by atoms with Crippen molar-refractivity contribution in [2.45, 2.75) is 19.8 Å². The molecule has 1 aromatic carbocycles. The van der Waals surface area contributed by atoms with Crippen molar-refractivity contribution < 1.29 is 9.59 Å². The SMILES string of the molecule is Cc1cccc(C(=O)CCC(=O)c2ccccn2)c1. The number of nitrogens with zero attached hydrogens (tertiary/aromatic N) is 1. The zero-order valence-electron chi connectivity index (χ0n) is 10.8. The Kier molecular flexibility index (Phi) is 4.18. The molecule has 0 aliphatic heterocycles. The van der Waals surface area contributed by atoms with E-state index in [4.69, 9.17) is 0 Å². The lowest BCUT2D eigenvalue weighted by Gasteiger charge is -2.02. The first-order valence-corrected chi connectivity index (χ1v) is 6.21. The molecule has 0 fully saturated rings. The quantitative estimate of drug-likeness (QED) is 0.768. The molecule has 0 saturated heterocycles. The third-order valence-electron chi connectivity index (χ3n) is 2.87. The minimum absolute atomic E-state index is 0.00650. The molecule has 0 aliphatic rings. The Labute approximate surface area is 112 Å². The Morgan fingerprint density at radius 3 is 2.47 bits per heavy atom. The van der Waals surface area contributed by atoms with Crippen molar-refractivity contribution in [3.63, 3.8) is 0 Å². The van der Waals surface area contributed by atoms with Crippen molar-refractivity contribution in [1.82, 2.24) is 4.98 Å². The van der Waals surface area contributed by atoms with Crippen LogP contribution in [-0.4, -0.2) is 16.6 Å². The standard InChI is InChI=1S/C16H15NO2/c1-12-5-4-6-13(11-12)15(18)8-9-16(19)14-7-2-3-10-17-14/h2-7,10-11H,8-9H2,1H3. The molecule has 0 aliphatic carbocycles. The summed E-state index contributed by atoms with van der Waals surface area (Å²) in [6, 6.07) is 12.6. The Morgan fingerprint density at radius 2 is 1.79 bits per heavy atom. The van der Waals surface area contributed by atoms with Gasteiger partial charge in [0.2, 0.25) is 0 Å². The smallest absolute Gasteiger partial charge is 0.181 e. The summed E-state index contributed by atoms with van der Waals surface area (Å²) in [4.78, 5) is 27.8. The van der Waals surface area contributed by atoms with Gasteiger partial charge in [0.05, 0.1) is 0 Å². The van der Waals surface area contributed by atoms with Crippen LogP contribution in [-0.2, 0) is 0 Å². The highest BCUT2D eigenvalue weighted by atomic mass is 16.1. The molecule has 2 rings (SSSR count). The number of rotatable bonds is 5. The number of ketones is 2. The number of Topliss-reactive ketones (excluding diaryl/α,β-unsaturated/α-hetero) is 2. The summed E-state index contributed by atoms with van der Waals surface area (Å²) in [6.07, 6.45) is 2.00. The molecule has 1 aromatic heterocycles. The van der Waals surface area contributed by atoms with E-state index in [1.807, 2.05) is 25.1 Å². The van der Waals surface area contributed by atoms with Crippen LogP contribution in [0.4, 0.5) is 0 Å². The van der Waals surface area contributed by atoms with Gasteiger partial charge in [-0.2, -0.15) is 0 Å². The summed E-state index contributed by atoms with van der Waals surface area (Å²) in [5, 5.41) is 0. The fraction of sp³-hybridized carbons (Fsp3) is 0.188. The molecule has 3 nitrogen and oxygen atoms in total. The fourth-order valence-corrected chi connectivity index (χ4v) is 1.85. The number of hydrogen-bond donors (Lipinski definition) is 0. The van der Waals surface area contributed by atoms with Crippen molar-refractivity contribution in [2.24, 2.45) is 0 Å². The Bertz CT molecular complexity index is 591. The Balaban J connectivity index is 1.96. The van der Waals surface area contributed by atoms with Gasteiger partial charge in [-0.25, -0.2) is 0 Å². The molecular formula is C16H15NO2. The van der Waals surface area contributed by atoms with E-state index in [-0.39, 0.29) is 24.4 Å². The van der Waals surface area contributed by atoms with Gasteiger partial charge in [-0.1, -0.05) is 29.8 Å². The van der Waals surface area contributed by atoms with Crippen LogP contribution < -0.4 is 0 Å². The maximum absolute atomic E-state index is 12.0. The lowest BCUT2D eigenvalue weighted by Crippen LogP contribution is -2.06. The van der Waals surface area contributed by atoms with E-state index in [1.165, 1.54) is 0 Å². The Hall–Kier alpha value is -2.29. The largest absolute Gasteiger partial charge is 0.294 e. The second-order valence-corrected chi connectivity index (χ2v) is 4.43. The highest BCUT2D eigenvalue weighted by Gasteiger charge is 2.11. The van der Waals surface area contributed by atoms with Gasteiger partial charge >= 0.3 is 0 Å². The summed E-state index contributed by atoms with van der Waals surface area (Å²) in [5.41, 5.74) is 2.12. The summed E-state index contributed by atoms with van der Waals surface area (Å²) >= 11 is 0. The lowest BCUT2D eigenvalue weighted by atomic mass is 10.0. The summed E-state index contributed by atoms with van der Waals surface area (Å²) in [7, 11) is 0. The van der Waals surface area contributed by atoms with E-state index in [1.54, 1.807) is 30.5 Å². The van der Waals surface area contributed by atoms with Gasteiger partial charge in [0.15, 0.2) is 11.6 Å². The van der Waals surface area contributed by atoms with Crippen LogP contribution in [0.25, 0.3) is 0 Å². The number of hydrogen-bond acceptors (Lipinski definition) is 3. The molecular weight excluding hydrogens is 238 g/mol. The molecule has 1 heterocycles. The second-order valence-electron chi connectivity index (χ2n) is 4.43. The van der Waals surface area contributed by atoms with Crippen molar-refractivity contribution in [1.29, 1.82) is 0 Å². The molecule has 0 N–H and O–H groups in total. The first-order valence-electron chi connectivity index (χ1n) is 6.21. The van der Waals surface area contributed by atoms with Crippen LogP contribution in [0.5, 0.6) is 0 Å². The minimum Gasteiger partial charge on any atom is -0.294 e. The molecule has 0 bridgehead atoms. The second kappa shape index (κ2) is 6.05. The van der Waals surface area contributed by atoms with Crippen molar-refractivity contribution in [3.05, 3.63) is 65.5 Å². The van der Waals surface area contributed by atoms with Crippen LogP contribution in [0.2, 0.25) is 0 Å². The van der Waals surface area contributed by atoms with Crippen LogP contribution in [0.15, 0.2) is 48.7 Å². The van der Waals surface area contributed by atoms with Crippen molar-refractivity contribution >= 4 is 11.6 Å². The molecule has 96 valence electrons. The van der Waals surface area contributed by atoms with Crippen LogP contribution in [0, 0.1) is 6.92 Å². The number of pyridine rings is 1. The van der Waals surface area contributed by atoms with Crippen LogP contribution in [0.3, 0.4) is 0 Å². The molecule has 19 heavy (non-hydrogen) atoms. The zero-order valence-corrected chi connectivity index (χ0v) is 10.8. The van der Waals surface area contributed by atoms with Gasteiger partial charge in [0.1, 0.15) is 5.69 Å². The van der Waals surface area contributed by atoms with Gasteiger partial charge in [-0.05, 0) is 25.1 Å². The fourth-order valence-electron chi connectivity index (χ4n) is 1.85. The monoisotopic (exact) mass is 253 g/mol. The molecule has 3 heteroatoms. The predicted octanol–water partition coefficient (Wildman–Crippen LogP) is 3.24. The maximum atomic E-state index is 12.0. The van der Waals surface area contributed by atoms with Crippen LogP contribution >= 0.6 is 0 Å². The van der Waals surface area contributed by atoms with Crippen molar-refractivity contribution in [2.75, 3.05) is 0 Å². The third-order valence-corrected chi connectivity index (χ3v) is 2.87. The molecule has 2 aromatic rings. The first-order chi connectivity index (χ1) is 9.16. The lowest BCUT2D eigenvalue weighted by molar-refractivity contribution is 0.0915. The molecule has 0 atom stereocenters. The van der Waals surface area contributed by atoms with E-state index in [0.29, 0.717) is 11.3 Å². The summed E-state index contributed by atoms with van der Waals surface area (Å²) in [5.74, 6) is -0.102. The maximum Gasteiger partial charge on any atom is 0.181 e. The van der Waals surface area contributed by atoms with Gasteiger partial charge in [0.25, 0.3) is 0 Å². The molecule has 0 saturated carbocycles. The molecule has 0 radical (unpaired) electrons. The highest BCUT2D eigenvalue weighted by molar-refractivity contribution is 6.01. The normalized spacial score (nSPS) is 10.2. The number of aromatic nitrogens is 1. The molecule has 0 amide bonds. The zero-order chi connectivity index (χ0) is 13.7. The highest BCUT2D eigenvalue weighted by Crippen LogP contribution is 2.10. The van der Waals surface area contributed by atoms with Crippen molar-refractivity contribution in [3.8, 4) is 0 Å². The van der Waals surface area contributed by atoms with Crippen LogP contribution in [0.1, 0.15) is 39.3 Å². The topological polar surface area (TPSA) is 47.0 Å². The average molecular weight is 253 g/mol. The molecule has 0 unspecified atom stereocenters. The van der Waals surface area contributed by atoms with Gasteiger partial charge in [-0.15, -0.1) is 0 Å². The van der Waals surface area contributed by atoms with E-state index in [9.17, 15) is 9.59 Å². The third kappa shape index (κ3) is 3.58. The van der Waals surface area contributed by atoms with E-state index >= 15 is 0 Å².